The maximum atomic E-state index is 10.6. The molecular weight excluding hydrogens is 292 g/mol. The summed E-state index contributed by atoms with van der Waals surface area (Å²) in [7, 11) is 0. The van der Waals surface area contributed by atoms with E-state index in [1.165, 1.54) is 37.3 Å². The summed E-state index contributed by atoms with van der Waals surface area (Å²) in [5.41, 5.74) is 3.37. The monoisotopic (exact) mass is 324 g/mol. The molecule has 1 heteroatoms. The SMILES string of the molecule is C=C1CC=C2C[C@H]3[C@H](C(C)C)CC[C@]3(C)C[C@@H]2[C@]1(C)/C=C\C=C=O. The second-order valence-electron chi connectivity index (χ2n) is 9.18. The molecule has 0 radical (unpaired) electrons. The van der Waals surface area contributed by atoms with E-state index in [1.807, 2.05) is 12.0 Å². The van der Waals surface area contributed by atoms with Crippen molar-refractivity contribution in [1.29, 1.82) is 0 Å². The molecule has 0 aromatic rings. The van der Waals surface area contributed by atoms with Crippen molar-refractivity contribution in [3.63, 3.8) is 0 Å². The summed E-state index contributed by atoms with van der Waals surface area (Å²) in [5.74, 6) is 4.92. The largest absolute Gasteiger partial charge is 0.234 e. The van der Waals surface area contributed by atoms with Crippen LogP contribution in [0.2, 0.25) is 0 Å². The molecule has 130 valence electrons. The van der Waals surface area contributed by atoms with E-state index in [1.54, 1.807) is 5.57 Å². The molecule has 2 saturated carbocycles. The summed E-state index contributed by atoms with van der Waals surface area (Å²) in [6.07, 6.45) is 14.3. The fourth-order valence-corrected chi connectivity index (χ4v) is 5.91. The van der Waals surface area contributed by atoms with Crippen LogP contribution in [0.15, 0.2) is 42.0 Å². The molecule has 3 aliphatic carbocycles. The first-order valence-corrected chi connectivity index (χ1v) is 9.57. The Bertz CT molecular complexity index is 630. The van der Waals surface area contributed by atoms with Crippen LogP contribution >= 0.6 is 0 Å². The van der Waals surface area contributed by atoms with Crippen LogP contribution in [0.1, 0.15) is 59.8 Å². The van der Waals surface area contributed by atoms with Crippen LogP contribution in [0.25, 0.3) is 0 Å². The fourth-order valence-electron chi connectivity index (χ4n) is 5.91. The van der Waals surface area contributed by atoms with E-state index in [0.717, 1.165) is 24.2 Å². The van der Waals surface area contributed by atoms with Crippen molar-refractivity contribution in [3.05, 3.63) is 42.0 Å². The minimum Gasteiger partial charge on any atom is -0.234 e. The first-order valence-electron chi connectivity index (χ1n) is 9.57. The smallest absolute Gasteiger partial charge is 0.124 e. The van der Waals surface area contributed by atoms with E-state index in [0.29, 0.717) is 11.3 Å². The van der Waals surface area contributed by atoms with Gasteiger partial charge >= 0.3 is 0 Å². The van der Waals surface area contributed by atoms with Gasteiger partial charge in [-0.15, -0.1) is 0 Å². The molecule has 3 rings (SSSR count). The molecule has 0 spiro atoms. The summed E-state index contributed by atoms with van der Waals surface area (Å²) in [5, 5.41) is 0. The van der Waals surface area contributed by atoms with Crippen LogP contribution in [0.3, 0.4) is 0 Å². The number of hydrogen-bond acceptors (Lipinski definition) is 1. The second-order valence-corrected chi connectivity index (χ2v) is 9.18. The topological polar surface area (TPSA) is 17.1 Å². The quantitative estimate of drug-likeness (QED) is 0.358. The van der Waals surface area contributed by atoms with Crippen LogP contribution in [0, 0.1) is 34.5 Å². The molecule has 1 nitrogen and oxygen atoms in total. The molecule has 0 saturated heterocycles. The summed E-state index contributed by atoms with van der Waals surface area (Å²) >= 11 is 0. The first-order chi connectivity index (χ1) is 11.3. The standard InChI is InChI=1S/C23H32O/c1-16(2)19-10-12-22(4)15-21-18(14-20(19)22)9-8-17(3)23(21,5)11-6-7-13-24/h6-7,9,11,16,19-21H,3,8,10,12,14-15H2,1-2,4-5H3/b11-6-/t19-,20-,21-,22+,23+/m0/s1. The molecule has 0 aliphatic heterocycles. The number of fused-ring (bicyclic) bond motifs is 2. The van der Waals surface area contributed by atoms with E-state index in [-0.39, 0.29) is 5.41 Å². The van der Waals surface area contributed by atoms with E-state index < -0.39 is 0 Å². The third-order valence-electron chi connectivity index (χ3n) is 7.59. The van der Waals surface area contributed by atoms with Gasteiger partial charge in [0.05, 0.1) is 0 Å². The maximum Gasteiger partial charge on any atom is 0.124 e. The normalized spacial score (nSPS) is 41.8. The Morgan fingerprint density at radius 1 is 1.38 bits per heavy atom. The van der Waals surface area contributed by atoms with Crippen molar-refractivity contribution in [2.75, 3.05) is 0 Å². The average molecular weight is 325 g/mol. The highest BCUT2D eigenvalue weighted by molar-refractivity contribution is 5.49. The molecule has 0 amide bonds. The summed E-state index contributed by atoms with van der Waals surface area (Å²) < 4.78 is 0. The van der Waals surface area contributed by atoms with Crippen molar-refractivity contribution in [3.8, 4) is 0 Å². The Kier molecular flexibility index (Phi) is 4.51. The van der Waals surface area contributed by atoms with E-state index >= 15 is 0 Å². The molecule has 2 fully saturated rings. The van der Waals surface area contributed by atoms with Gasteiger partial charge in [0, 0.05) is 11.5 Å². The van der Waals surface area contributed by atoms with Crippen LogP contribution < -0.4 is 0 Å². The lowest BCUT2D eigenvalue weighted by Crippen LogP contribution is -2.43. The zero-order valence-electron chi connectivity index (χ0n) is 15.8. The molecule has 0 heterocycles. The first kappa shape index (κ1) is 17.5. The van der Waals surface area contributed by atoms with Gasteiger partial charge in [-0.3, -0.25) is 0 Å². The van der Waals surface area contributed by atoms with Crippen molar-refractivity contribution < 1.29 is 4.79 Å². The van der Waals surface area contributed by atoms with Crippen LogP contribution in [0.5, 0.6) is 0 Å². The summed E-state index contributed by atoms with van der Waals surface area (Å²) in [6.45, 7) is 14.0. The second kappa shape index (κ2) is 6.19. The van der Waals surface area contributed by atoms with Gasteiger partial charge < -0.3 is 0 Å². The number of carbonyl (C=O) groups excluding carboxylic acids is 1. The van der Waals surface area contributed by atoms with Gasteiger partial charge in [0.1, 0.15) is 5.94 Å². The van der Waals surface area contributed by atoms with Gasteiger partial charge in [-0.2, -0.15) is 0 Å². The number of hydrogen-bond donors (Lipinski definition) is 0. The Morgan fingerprint density at radius 3 is 2.79 bits per heavy atom. The third kappa shape index (κ3) is 2.68. The predicted octanol–water partition coefficient (Wildman–Crippen LogP) is 5.92. The van der Waals surface area contributed by atoms with E-state index in [9.17, 15) is 4.79 Å². The van der Waals surface area contributed by atoms with Gasteiger partial charge in [0.2, 0.25) is 0 Å². The molecule has 0 aromatic carbocycles. The zero-order chi connectivity index (χ0) is 17.5. The van der Waals surface area contributed by atoms with Crippen molar-refractivity contribution in [1.82, 2.24) is 0 Å². The highest BCUT2D eigenvalue weighted by atomic mass is 16.1. The molecule has 5 atom stereocenters. The zero-order valence-corrected chi connectivity index (χ0v) is 15.8. The maximum absolute atomic E-state index is 10.6. The lowest BCUT2D eigenvalue weighted by Gasteiger charge is -2.52. The van der Waals surface area contributed by atoms with Crippen LogP contribution in [-0.2, 0) is 4.79 Å². The molecule has 3 aliphatic rings. The Labute approximate surface area is 147 Å². The highest BCUT2D eigenvalue weighted by Crippen LogP contribution is 2.63. The van der Waals surface area contributed by atoms with Gasteiger partial charge in [0.15, 0.2) is 0 Å². The van der Waals surface area contributed by atoms with Crippen molar-refractivity contribution >= 4 is 5.94 Å². The third-order valence-corrected chi connectivity index (χ3v) is 7.59. The van der Waals surface area contributed by atoms with Crippen molar-refractivity contribution in [2.45, 2.75) is 59.8 Å². The van der Waals surface area contributed by atoms with Gasteiger partial charge in [-0.05, 0) is 61.2 Å². The lowest BCUT2D eigenvalue weighted by molar-refractivity contribution is 0.0753. The minimum atomic E-state index is -0.0265. The fraction of sp³-hybridized carbons (Fsp3) is 0.652. The molecular formula is C23H32O. The van der Waals surface area contributed by atoms with Crippen LogP contribution in [0.4, 0.5) is 0 Å². The molecule has 0 bridgehead atoms. The summed E-state index contributed by atoms with van der Waals surface area (Å²) in [6, 6.07) is 0. The van der Waals surface area contributed by atoms with Gasteiger partial charge in [-0.1, -0.05) is 63.6 Å². The molecule has 0 unspecified atom stereocenters. The minimum absolute atomic E-state index is 0.0265. The molecule has 24 heavy (non-hydrogen) atoms. The summed E-state index contributed by atoms with van der Waals surface area (Å²) in [4.78, 5) is 10.6. The molecule has 0 aromatic heterocycles. The highest BCUT2D eigenvalue weighted by Gasteiger charge is 2.54. The average Bonchev–Trinajstić information content (AvgIpc) is 2.87. The number of allylic oxidation sites excluding steroid dienone is 6. The van der Waals surface area contributed by atoms with E-state index in [2.05, 4.69) is 46.4 Å². The Hall–Kier alpha value is -1.33. The van der Waals surface area contributed by atoms with E-state index in [4.69, 9.17) is 0 Å². The van der Waals surface area contributed by atoms with Gasteiger partial charge in [0.25, 0.3) is 0 Å². The van der Waals surface area contributed by atoms with Gasteiger partial charge in [-0.25, -0.2) is 4.79 Å². The predicted molar refractivity (Wildman–Crippen MR) is 101 cm³/mol. The number of rotatable bonds is 3. The van der Waals surface area contributed by atoms with Crippen molar-refractivity contribution in [2.24, 2.45) is 34.5 Å². The van der Waals surface area contributed by atoms with Crippen LogP contribution in [-0.4, -0.2) is 5.94 Å². The molecule has 0 N–H and O–H groups in total. The Morgan fingerprint density at radius 2 is 2.12 bits per heavy atom. The Balaban J connectivity index is 1.95. The lowest BCUT2D eigenvalue weighted by atomic mass is 9.52.